The zero-order valence-electron chi connectivity index (χ0n) is 7.44. The average molecular weight is 173 g/mol. The van der Waals surface area contributed by atoms with Crippen LogP contribution in [0, 0.1) is 5.92 Å². The van der Waals surface area contributed by atoms with Crippen LogP contribution >= 0.6 is 11.6 Å². The SMILES string of the molecule is CC1=CCC(CC(C)Cl)CC1. The van der Waals surface area contributed by atoms with E-state index in [2.05, 4.69) is 19.9 Å². The van der Waals surface area contributed by atoms with Gasteiger partial charge in [-0.1, -0.05) is 11.6 Å². The number of rotatable bonds is 2. The third-order valence-electron chi connectivity index (χ3n) is 2.40. The van der Waals surface area contributed by atoms with Crippen LogP contribution in [0.3, 0.4) is 0 Å². The molecule has 2 atom stereocenters. The van der Waals surface area contributed by atoms with Gasteiger partial charge in [0.05, 0.1) is 0 Å². The highest BCUT2D eigenvalue weighted by Crippen LogP contribution is 2.27. The Morgan fingerprint density at radius 2 is 2.45 bits per heavy atom. The van der Waals surface area contributed by atoms with Crippen molar-refractivity contribution in [3.8, 4) is 0 Å². The summed E-state index contributed by atoms with van der Waals surface area (Å²) in [5.41, 5.74) is 1.56. The third kappa shape index (κ3) is 3.29. The predicted octanol–water partition coefficient (Wildman–Crippen LogP) is 3.75. The smallest absolute Gasteiger partial charge is 0.0310 e. The van der Waals surface area contributed by atoms with Crippen molar-refractivity contribution in [3.05, 3.63) is 11.6 Å². The van der Waals surface area contributed by atoms with E-state index in [1.54, 1.807) is 5.57 Å². The molecule has 64 valence electrons. The van der Waals surface area contributed by atoms with Crippen molar-refractivity contribution in [1.29, 1.82) is 0 Å². The Hall–Kier alpha value is 0.0300. The summed E-state index contributed by atoms with van der Waals surface area (Å²) >= 11 is 5.93. The summed E-state index contributed by atoms with van der Waals surface area (Å²) in [6.07, 6.45) is 7.44. The molecular formula is C10H17Cl. The van der Waals surface area contributed by atoms with Crippen LogP contribution in [0.5, 0.6) is 0 Å². The van der Waals surface area contributed by atoms with Gasteiger partial charge in [-0.15, -0.1) is 11.6 Å². The second-order valence-electron chi connectivity index (χ2n) is 3.71. The Morgan fingerprint density at radius 1 is 1.73 bits per heavy atom. The highest BCUT2D eigenvalue weighted by Gasteiger charge is 2.13. The fraction of sp³-hybridized carbons (Fsp3) is 0.800. The molecular weight excluding hydrogens is 156 g/mol. The molecule has 0 aliphatic heterocycles. The van der Waals surface area contributed by atoms with E-state index in [4.69, 9.17) is 11.6 Å². The van der Waals surface area contributed by atoms with Crippen LogP contribution in [-0.4, -0.2) is 5.38 Å². The Kier molecular flexibility index (Phi) is 3.45. The fourth-order valence-corrected chi connectivity index (χ4v) is 1.94. The predicted molar refractivity (Wildman–Crippen MR) is 51.0 cm³/mol. The van der Waals surface area contributed by atoms with Gasteiger partial charge in [-0.3, -0.25) is 0 Å². The monoisotopic (exact) mass is 172 g/mol. The normalized spacial score (nSPS) is 27.9. The molecule has 1 aliphatic rings. The second kappa shape index (κ2) is 4.15. The molecule has 0 N–H and O–H groups in total. The minimum atomic E-state index is 0.354. The van der Waals surface area contributed by atoms with Gasteiger partial charge in [0.15, 0.2) is 0 Å². The van der Waals surface area contributed by atoms with E-state index in [1.165, 1.54) is 25.7 Å². The highest BCUT2D eigenvalue weighted by atomic mass is 35.5. The third-order valence-corrected chi connectivity index (χ3v) is 2.58. The lowest BCUT2D eigenvalue weighted by molar-refractivity contribution is 0.435. The van der Waals surface area contributed by atoms with Crippen LogP contribution in [-0.2, 0) is 0 Å². The van der Waals surface area contributed by atoms with Crippen LogP contribution in [0.1, 0.15) is 39.5 Å². The van der Waals surface area contributed by atoms with E-state index in [9.17, 15) is 0 Å². The summed E-state index contributed by atoms with van der Waals surface area (Å²) in [7, 11) is 0. The van der Waals surface area contributed by atoms with Gasteiger partial charge in [0.2, 0.25) is 0 Å². The summed E-state index contributed by atoms with van der Waals surface area (Å²) in [4.78, 5) is 0. The molecule has 0 aromatic heterocycles. The Bertz CT molecular complexity index is 147. The van der Waals surface area contributed by atoms with Crippen LogP contribution in [0.4, 0.5) is 0 Å². The van der Waals surface area contributed by atoms with Crippen LogP contribution in [0.2, 0.25) is 0 Å². The standard InChI is InChI=1S/C10H17Cl/c1-8-3-5-10(6-4-8)7-9(2)11/h3,9-10H,4-7H2,1-2H3. The molecule has 0 aromatic carbocycles. The maximum absolute atomic E-state index is 5.93. The molecule has 0 aromatic rings. The number of halogens is 1. The number of alkyl halides is 1. The summed E-state index contributed by atoms with van der Waals surface area (Å²) < 4.78 is 0. The van der Waals surface area contributed by atoms with Crippen LogP contribution < -0.4 is 0 Å². The minimum Gasteiger partial charge on any atom is -0.123 e. The van der Waals surface area contributed by atoms with Crippen molar-refractivity contribution in [1.82, 2.24) is 0 Å². The van der Waals surface area contributed by atoms with Gasteiger partial charge in [-0.2, -0.15) is 0 Å². The molecule has 0 fully saturated rings. The molecule has 1 aliphatic carbocycles. The average Bonchev–Trinajstić information content (AvgIpc) is 1.93. The summed E-state index contributed by atoms with van der Waals surface area (Å²) in [5, 5.41) is 0.354. The maximum Gasteiger partial charge on any atom is 0.0310 e. The minimum absolute atomic E-state index is 0.354. The highest BCUT2D eigenvalue weighted by molar-refractivity contribution is 6.20. The molecule has 11 heavy (non-hydrogen) atoms. The summed E-state index contributed by atoms with van der Waals surface area (Å²) in [6.45, 7) is 4.31. The van der Waals surface area contributed by atoms with E-state index >= 15 is 0 Å². The van der Waals surface area contributed by atoms with E-state index in [1.807, 2.05) is 0 Å². The molecule has 0 radical (unpaired) electrons. The molecule has 0 amide bonds. The first-order valence-corrected chi connectivity index (χ1v) is 4.92. The van der Waals surface area contributed by atoms with Crippen molar-refractivity contribution >= 4 is 11.6 Å². The number of allylic oxidation sites excluding steroid dienone is 2. The number of hydrogen-bond acceptors (Lipinski definition) is 0. The molecule has 0 saturated heterocycles. The lowest BCUT2D eigenvalue weighted by Crippen LogP contribution is -2.08. The first kappa shape index (κ1) is 9.12. The molecule has 0 bridgehead atoms. The summed E-state index contributed by atoms with van der Waals surface area (Å²) in [5.74, 6) is 0.853. The van der Waals surface area contributed by atoms with Crippen LogP contribution in [0.25, 0.3) is 0 Å². The Labute approximate surface area is 74.6 Å². The van der Waals surface area contributed by atoms with Gasteiger partial charge in [0.25, 0.3) is 0 Å². The quantitative estimate of drug-likeness (QED) is 0.440. The van der Waals surface area contributed by atoms with Crippen molar-refractivity contribution in [2.45, 2.75) is 44.9 Å². The fourth-order valence-electron chi connectivity index (χ4n) is 1.69. The molecule has 1 heteroatoms. The van der Waals surface area contributed by atoms with E-state index in [0.717, 1.165) is 5.92 Å². The molecule has 2 unspecified atom stereocenters. The maximum atomic E-state index is 5.93. The molecule has 0 saturated carbocycles. The van der Waals surface area contributed by atoms with Crippen LogP contribution in [0.15, 0.2) is 11.6 Å². The topological polar surface area (TPSA) is 0 Å². The lowest BCUT2D eigenvalue weighted by atomic mass is 9.87. The van der Waals surface area contributed by atoms with Crippen molar-refractivity contribution in [2.75, 3.05) is 0 Å². The van der Waals surface area contributed by atoms with Gasteiger partial charge in [-0.25, -0.2) is 0 Å². The lowest BCUT2D eigenvalue weighted by Gasteiger charge is -2.20. The van der Waals surface area contributed by atoms with Crippen molar-refractivity contribution < 1.29 is 0 Å². The van der Waals surface area contributed by atoms with Gasteiger partial charge in [0.1, 0.15) is 0 Å². The zero-order valence-corrected chi connectivity index (χ0v) is 8.19. The molecule has 1 rings (SSSR count). The van der Waals surface area contributed by atoms with E-state index < -0.39 is 0 Å². The summed E-state index contributed by atoms with van der Waals surface area (Å²) in [6, 6.07) is 0. The molecule has 0 spiro atoms. The van der Waals surface area contributed by atoms with Gasteiger partial charge in [0, 0.05) is 5.38 Å². The molecule has 0 nitrogen and oxygen atoms in total. The van der Waals surface area contributed by atoms with Crippen molar-refractivity contribution in [2.24, 2.45) is 5.92 Å². The zero-order chi connectivity index (χ0) is 8.27. The number of hydrogen-bond donors (Lipinski definition) is 0. The Balaban J connectivity index is 2.29. The first-order chi connectivity index (χ1) is 5.18. The van der Waals surface area contributed by atoms with E-state index in [0.29, 0.717) is 5.38 Å². The molecule has 0 heterocycles. The largest absolute Gasteiger partial charge is 0.123 e. The first-order valence-electron chi connectivity index (χ1n) is 4.48. The van der Waals surface area contributed by atoms with E-state index in [-0.39, 0.29) is 0 Å². The van der Waals surface area contributed by atoms with Gasteiger partial charge < -0.3 is 0 Å². The van der Waals surface area contributed by atoms with Crippen molar-refractivity contribution in [3.63, 3.8) is 0 Å². The van der Waals surface area contributed by atoms with Gasteiger partial charge in [-0.05, 0) is 45.4 Å². The Morgan fingerprint density at radius 3 is 2.91 bits per heavy atom. The van der Waals surface area contributed by atoms with Gasteiger partial charge >= 0.3 is 0 Å². The second-order valence-corrected chi connectivity index (χ2v) is 4.45.